The van der Waals surface area contributed by atoms with Crippen LogP contribution >= 0.6 is 11.3 Å². The Morgan fingerprint density at radius 1 is 1.18 bits per heavy atom. The molecule has 6 heteroatoms. The lowest BCUT2D eigenvalue weighted by molar-refractivity contribution is 1.01. The summed E-state index contributed by atoms with van der Waals surface area (Å²) >= 11 is 1.55. The van der Waals surface area contributed by atoms with Crippen LogP contribution < -0.4 is 0 Å². The fourth-order valence-corrected chi connectivity index (χ4v) is 2.44. The van der Waals surface area contributed by atoms with E-state index in [1.807, 2.05) is 34.2 Å². The Morgan fingerprint density at radius 3 is 3.00 bits per heavy atom. The lowest BCUT2D eigenvalue weighted by atomic mass is 10.3. The molecular formula is C11H7N5S. The van der Waals surface area contributed by atoms with Gasteiger partial charge in [-0.15, -0.1) is 11.3 Å². The fraction of sp³-hybridized carbons (Fsp3) is 0. The van der Waals surface area contributed by atoms with Crippen molar-refractivity contribution in [2.75, 3.05) is 0 Å². The SMILES string of the molecule is c1ccc2c(c1)nc1nc(-c3nccs3)[nH]n12. The molecule has 0 unspecified atom stereocenters. The highest BCUT2D eigenvalue weighted by molar-refractivity contribution is 7.13. The molecule has 3 heterocycles. The summed E-state index contributed by atoms with van der Waals surface area (Å²) in [7, 11) is 0. The van der Waals surface area contributed by atoms with E-state index in [-0.39, 0.29) is 0 Å². The summed E-state index contributed by atoms with van der Waals surface area (Å²) < 4.78 is 1.88. The van der Waals surface area contributed by atoms with Gasteiger partial charge in [0.15, 0.2) is 10.8 Å². The van der Waals surface area contributed by atoms with Gasteiger partial charge in [-0.05, 0) is 12.1 Å². The molecule has 0 fully saturated rings. The average molecular weight is 241 g/mol. The molecule has 0 amide bonds. The van der Waals surface area contributed by atoms with Gasteiger partial charge in [0, 0.05) is 11.6 Å². The number of hydrogen-bond donors (Lipinski definition) is 1. The van der Waals surface area contributed by atoms with Crippen molar-refractivity contribution in [1.82, 2.24) is 24.6 Å². The summed E-state index contributed by atoms with van der Waals surface area (Å²) in [5.41, 5.74) is 1.97. The minimum atomic E-state index is 0.677. The van der Waals surface area contributed by atoms with Gasteiger partial charge in [-0.3, -0.25) is 5.10 Å². The summed E-state index contributed by atoms with van der Waals surface area (Å²) in [4.78, 5) is 13.1. The lowest BCUT2D eigenvalue weighted by Gasteiger charge is -1.89. The van der Waals surface area contributed by atoms with Crippen LogP contribution in [0.15, 0.2) is 35.8 Å². The van der Waals surface area contributed by atoms with Crippen LogP contribution in [0.5, 0.6) is 0 Å². The predicted octanol–water partition coefficient (Wildman–Crippen LogP) is 2.33. The molecule has 0 saturated carbocycles. The third kappa shape index (κ3) is 1.21. The summed E-state index contributed by atoms with van der Waals surface area (Å²) in [6.07, 6.45) is 1.77. The third-order valence-corrected chi connectivity index (χ3v) is 3.39. The number of fused-ring (bicyclic) bond motifs is 3. The number of nitrogens with zero attached hydrogens (tertiary/aromatic N) is 4. The van der Waals surface area contributed by atoms with Gasteiger partial charge in [0.1, 0.15) is 0 Å². The van der Waals surface area contributed by atoms with E-state index in [1.54, 1.807) is 17.5 Å². The van der Waals surface area contributed by atoms with Crippen LogP contribution in [0.25, 0.3) is 27.6 Å². The van der Waals surface area contributed by atoms with E-state index < -0.39 is 0 Å². The monoisotopic (exact) mass is 241 g/mol. The van der Waals surface area contributed by atoms with Crippen LogP contribution in [0, 0.1) is 0 Å². The topological polar surface area (TPSA) is 58.9 Å². The maximum Gasteiger partial charge on any atom is 0.252 e. The molecule has 1 N–H and O–H groups in total. The van der Waals surface area contributed by atoms with E-state index in [0.717, 1.165) is 21.9 Å². The van der Waals surface area contributed by atoms with Gasteiger partial charge >= 0.3 is 0 Å². The minimum Gasteiger partial charge on any atom is -0.272 e. The number of nitrogens with one attached hydrogen (secondary N) is 1. The standard InChI is InChI=1S/C11H7N5S/c1-2-4-8-7(3-1)13-11-14-9(15-16(8)11)10-12-5-6-17-10/h1-6H,(H,13,14,15). The Bertz CT molecular complexity index is 796. The Balaban J connectivity index is 2.05. The molecule has 82 valence electrons. The number of H-pyrrole nitrogens is 1. The highest BCUT2D eigenvalue weighted by Gasteiger charge is 2.11. The molecule has 0 spiro atoms. The number of hydrogen-bond acceptors (Lipinski definition) is 4. The van der Waals surface area contributed by atoms with Crippen LogP contribution in [-0.2, 0) is 0 Å². The molecule has 0 aliphatic rings. The quantitative estimate of drug-likeness (QED) is 0.556. The zero-order valence-electron chi connectivity index (χ0n) is 8.66. The van der Waals surface area contributed by atoms with Gasteiger partial charge in [-0.25, -0.2) is 14.5 Å². The molecular weight excluding hydrogens is 234 g/mol. The van der Waals surface area contributed by atoms with Gasteiger partial charge in [-0.1, -0.05) is 12.1 Å². The second kappa shape index (κ2) is 3.14. The van der Waals surface area contributed by atoms with Gasteiger partial charge in [-0.2, -0.15) is 4.98 Å². The normalized spacial score (nSPS) is 11.5. The largest absolute Gasteiger partial charge is 0.272 e. The van der Waals surface area contributed by atoms with Gasteiger partial charge in [0.05, 0.1) is 11.0 Å². The molecule has 0 atom stereocenters. The maximum absolute atomic E-state index is 4.44. The molecule has 17 heavy (non-hydrogen) atoms. The Hall–Kier alpha value is -2.21. The zero-order valence-corrected chi connectivity index (χ0v) is 9.48. The van der Waals surface area contributed by atoms with Crippen molar-refractivity contribution < 1.29 is 0 Å². The Morgan fingerprint density at radius 2 is 2.12 bits per heavy atom. The predicted molar refractivity (Wildman–Crippen MR) is 66.0 cm³/mol. The van der Waals surface area contributed by atoms with E-state index in [4.69, 9.17) is 0 Å². The molecule has 0 bridgehead atoms. The molecule has 3 aromatic heterocycles. The van der Waals surface area contributed by atoms with Crippen molar-refractivity contribution >= 4 is 28.1 Å². The van der Waals surface area contributed by atoms with Crippen molar-refractivity contribution in [2.45, 2.75) is 0 Å². The maximum atomic E-state index is 4.44. The number of para-hydroxylation sites is 2. The molecule has 5 nitrogen and oxygen atoms in total. The molecule has 4 aromatic rings. The first-order valence-electron chi connectivity index (χ1n) is 5.15. The number of thiazole rings is 1. The molecule has 1 aromatic carbocycles. The molecule has 0 saturated heterocycles. The second-order valence-electron chi connectivity index (χ2n) is 3.65. The van der Waals surface area contributed by atoms with E-state index in [9.17, 15) is 0 Å². The summed E-state index contributed by atoms with van der Waals surface area (Å²) in [6, 6.07) is 7.94. The first kappa shape index (κ1) is 8.89. The zero-order chi connectivity index (χ0) is 11.2. The van der Waals surface area contributed by atoms with Crippen molar-refractivity contribution in [2.24, 2.45) is 0 Å². The highest BCUT2D eigenvalue weighted by atomic mass is 32.1. The van der Waals surface area contributed by atoms with E-state index in [2.05, 4.69) is 20.1 Å². The number of aromatic nitrogens is 5. The van der Waals surface area contributed by atoms with Crippen LogP contribution in [-0.4, -0.2) is 24.6 Å². The van der Waals surface area contributed by atoms with Gasteiger partial charge in [0.2, 0.25) is 0 Å². The minimum absolute atomic E-state index is 0.677. The molecule has 4 rings (SSSR count). The number of imidazole rings is 1. The number of rotatable bonds is 1. The third-order valence-electron chi connectivity index (χ3n) is 2.61. The summed E-state index contributed by atoms with van der Waals surface area (Å²) in [5, 5.41) is 6.02. The fourth-order valence-electron chi connectivity index (χ4n) is 1.87. The van der Waals surface area contributed by atoms with Crippen LogP contribution in [0.4, 0.5) is 0 Å². The Labute approximate surface area is 99.8 Å². The van der Waals surface area contributed by atoms with Gasteiger partial charge in [0.25, 0.3) is 5.78 Å². The average Bonchev–Trinajstić information content (AvgIpc) is 3.03. The summed E-state index contributed by atoms with van der Waals surface area (Å²) in [5.74, 6) is 1.43. The lowest BCUT2D eigenvalue weighted by Crippen LogP contribution is -1.84. The smallest absolute Gasteiger partial charge is 0.252 e. The van der Waals surface area contributed by atoms with Crippen molar-refractivity contribution in [1.29, 1.82) is 0 Å². The molecule has 0 aliphatic carbocycles. The van der Waals surface area contributed by atoms with Crippen LogP contribution in [0.2, 0.25) is 0 Å². The van der Waals surface area contributed by atoms with Gasteiger partial charge < -0.3 is 0 Å². The molecule has 0 aliphatic heterocycles. The van der Waals surface area contributed by atoms with Crippen molar-refractivity contribution in [3.63, 3.8) is 0 Å². The number of aromatic amines is 1. The second-order valence-corrected chi connectivity index (χ2v) is 4.54. The van der Waals surface area contributed by atoms with Crippen molar-refractivity contribution in [3.8, 4) is 10.8 Å². The first-order chi connectivity index (χ1) is 8.42. The van der Waals surface area contributed by atoms with E-state index in [1.165, 1.54) is 0 Å². The van der Waals surface area contributed by atoms with E-state index >= 15 is 0 Å². The Kier molecular flexibility index (Phi) is 1.64. The molecule has 0 radical (unpaired) electrons. The summed E-state index contributed by atoms with van der Waals surface area (Å²) in [6.45, 7) is 0. The van der Waals surface area contributed by atoms with E-state index in [0.29, 0.717) is 5.78 Å². The van der Waals surface area contributed by atoms with Crippen LogP contribution in [0.3, 0.4) is 0 Å². The highest BCUT2D eigenvalue weighted by Crippen LogP contribution is 2.21. The number of benzene rings is 1. The van der Waals surface area contributed by atoms with Crippen molar-refractivity contribution in [3.05, 3.63) is 35.8 Å². The van der Waals surface area contributed by atoms with Crippen LogP contribution in [0.1, 0.15) is 0 Å². The first-order valence-corrected chi connectivity index (χ1v) is 6.03.